The summed E-state index contributed by atoms with van der Waals surface area (Å²) in [6.45, 7) is 2.61. The van der Waals surface area contributed by atoms with Gasteiger partial charge in [-0.1, -0.05) is 6.42 Å². The fourth-order valence-corrected chi connectivity index (χ4v) is 2.48. The topological polar surface area (TPSA) is 50.4 Å². The molecule has 0 radical (unpaired) electrons. The Morgan fingerprint density at radius 1 is 1.44 bits per heavy atom. The number of amides is 1. The molecule has 0 aromatic carbocycles. The molecule has 0 spiro atoms. The fourth-order valence-electron chi connectivity index (χ4n) is 2.48. The van der Waals surface area contributed by atoms with Crippen LogP contribution in [-0.4, -0.2) is 38.8 Å². The highest BCUT2D eigenvalue weighted by Gasteiger charge is 2.42. The maximum atomic E-state index is 11.9. The van der Waals surface area contributed by atoms with Crippen LogP contribution in [0.3, 0.4) is 0 Å². The first-order valence-corrected chi connectivity index (χ1v) is 6.76. The number of carbonyl (C=O) groups excluding carboxylic acids is 1. The standard InChI is InChI=1S/C13H24N2O2.ClH/c1-17-9-7-13(5-6-13)10-15-12(16)11-4-2-3-8-14-11;/h11,14H,2-10H2,1H3,(H,15,16);1H. The van der Waals surface area contributed by atoms with Crippen molar-refractivity contribution in [1.82, 2.24) is 10.6 Å². The molecule has 2 N–H and O–H groups in total. The summed E-state index contributed by atoms with van der Waals surface area (Å²) in [5, 5.41) is 6.39. The molecule has 0 aromatic rings. The van der Waals surface area contributed by atoms with Gasteiger partial charge in [-0.25, -0.2) is 0 Å². The summed E-state index contributed by atoms with van der Waals surface area (Å²) >= 11 is 0. The van der Waals surface area contributed by atoms with Crippen molar-refractivity contribution in [2.24, 2.45) is 5.41 Å². The van der Waals surface area contributed by atoms with Crippen molar-refractivity contribution in [3.05, 3.63) is 0 Å². The van der Waals surface area contributed by atoms with E-state index in [0.717, 1.165) is 32.5 Å². The molecule has 1 unspecified atom stereocenters. The molecule has 0 aromatic heterocycles. The zero-order valence-electron chi connectivity index (χ0n) is 11.2. The molecule has 1 saturated carbocycles. The van der Waals surface area contributed by atoms with Crippen LogP contribution in [0.25, 0.3) is 0 Å². The average Bonchev–Trinajstić information content (AvgIpc) is 3.15. The summed E-state index contributed by atoms with van der Waals surface area (Å²) in [5.41, 5.74) is 0.348. The van der Waals surface area contributed by atoms with E-state index in [4.69, 9.17) is 4.74 Å². The number of methoxy groups -OCH3 is 1. The van der Waals surface area contributed by atoms with Crippen LogP contribution in [0.15, 0.2) is 0 Å². The fraction of sp³-hybridized carbons (Fsp3) is 0.923. The lowest BCUT2D eigenvalue weighted by Gasteiger charge is -2.24. The molecule has 1 aliphatic carbocycles. The van der Waals surface area contributed by atoms with E-state index in [0.29, 0.717) is 5.41 Å². The highest BCUT2D eigenvalue weighted by atomic mass is 35.5. The first-order chi connectivity index (χ1) is 8.26. The van der Waals surface area contributed by atoms with Crippen LogP contribution in [-0.2, 0) is 9.53 Å². The molecule has 106 valence electrons. The largest absolute Gasteiger partial charge is 0.385 e. The van der Waals surface area contributed by atoms with Gasteiger partial charge in [-0.15, -0.1) is 12.4 Å². The second-order valence-corrected chi connectivity index (χ2v) is 5.46. The molecule has 1 amide bonds. The number of nitrogens with one attached hydrogen (secondary N) is 2. The maximum absolute atomic E-state index is 11.9. The Morgan fingerprint density at radius 2 is 2.22 bits per heavy atom. The maximum Gasteiger partial charge on any atom is 0.237 e. The Morgan fingerprint density at radius 3 is 2.78 bits per heavy atom. The molecule has 4 nitrogen and oxygen atoms in total. The van der Waals surface area contributed by atoms with Crippen LogP contribution in [0.2, 0.25) is 0 Å². The summed E-state index contributed by atoms with van der Waals surface area (Å²) in [4.78, 5) is 11.9. The van der Waals surface area contributed by atoms with Crippen molar-refractivity contribution in [3.63, 3.8) is 0 Å². The molecule has 1 saturated heterocycles. The van der Waals surface area contributed by atoms with Gasteiger partial charge in [-0.2, -0.15) is 0 Å². The third-order valence-electron chi connectivity index (χ3n) is 4.06. The molecule has 2 aliphatic rings. The van der Waals surface area contributed by atoms with E-state index in [9.17, 15) is 4.79 Å². The van der Waals surface area contributed by atoms with E-state index in [2.05, 4.69) is 10.6 Å². The molecular formula is C13H25ClN2O2. The Hall–Kier alpha value is -0.320. The lowest BCUT2D eigenvalue weighted by Crippen LogP contribution is -2.47. The van der Waals surface area contributed by atoms with E-state index in [1.165, 1.54) is 25.7 Å². The normalized spacial score (nSPS) is 25.1. The summed E-state index contributed by atoms with van der Waals surface area (Å²) in [6.07, 6.45) is 6.88. The highest BCUT2D eigenvalue weighted by molar-refractivity contribution is 5.85. The Bertz CT molecular complexity index is 264. The van der Waals surface area contributed by atoms with Crippen LogP contribution >= 0.6 is 12.4 Å². The SMILES string of the molecule is COCCC1(CNC(=O)C2CCCCN2)CC1.Cl. The van der Waals surface area contributed by atoms with Gasteiger partial charge in [0.05, 0.1) is 6.04 Å². The molecule has 5 heteroatoms. The minimum absolute atomic E-state index is 0. The molecule has 1 heterocycles. The number of ether oxygens (including phenoxy) is 1. The van der Waals surface area contributed by atoms with E-state index in [1.807, 2.05) is 0 Å². The van der Waals surface area contributed by atoms with Crippen LogP contribution < -0.4 is 10.6 Å². The summed E-state index contributed by atoms with van der Waals surface area (Å²) in [7, 11) is 1.74. The predicted molar refractivity (Wildman–Crippen MR) is 74.1 cm³/mol. The average molecular weight is 277 g/mol. The lowest BCUT2D eigenvalue weighted by atomic mass is 10.0. The lowest BCUT2D eigenvalue weighted by molar-refractivity contribution is -0.124. The van der Waals surface area contributed by atoms with Gasteiger partial charge in [-0.05, 0) is 44.1 Å². The van der Waals surface area contributed by atoms with Crippen molar-refractivity contribution in [2.75, 3.05) is 26.8 Å². The van der Waals surface area contributed by atoms with Crippen molar-refractivity contribution in [1.29, 1.82) is 0 Å². The Balaban J connectivity index is 0.00000162. The highest BCUT2D eigenvalue weighted by Crippen LogP contribution is 2.48. The summed E-state index contributed by atoms with van der Waals surface area (Å²) in [6, 6.07) is 0.0435. The first-order valence-electron chi connectivity index (χ1n) is 6.76. The molecular weight excluding hydrogens is 252 g/mol. The molecule has 2 rings (SSSR count). The molecule has 2 fully saturated rings. The van der Waals surface area contributed by atoms with Crippen LogP contribution in [0.1, 0.15) is 38.5 Å². The van der Waals surface area contributed by atoms with Crippen molar-refractivity contribution < 1.29 is 9.53 Å². The zero-order chi connectivity index (χ0) is 12.1. The van der Waals surface area contributed by atoms with Crippen LogP contribution in [0.4, 0.5) is 0 Å². The van der Waals surface area contributed by atoms with Gasteiger partial charge in [0.2, 0.25) is 5.91 Å². The monoisotopic (exact) mass is 276 g/mol. The second kappa shape index (κ2) is 7.31. The van der Waals surface area contributed by atoms with Crippen molar-refractivity contribution >= 4 is 18.3 Å². The Labute approximate surface area is 116 Å². The van der Waals surface area contributed by atoms with Gasteiger partial charge in [0.1, 0.15) is 0 Å². The molecule has 18 heavy (non-hydrogen) atoms. The minimum atomic E-state index is 0. The van der Waals surface area contributed by atoms with Gasteiger partial charge < -0.3 is 15.4 Å². The van der Waals surface area contributed by atoms with Crippen molar-refractivity contribution in [2.45, 2.75) is 44.6 Å². The van der Waals surface area contributed by atoms with E-state index >= 15 is 0 Å². The summed E-state index contributed by atoms with van der Waals surface area (Å²) < 4.78 is 5.12. The van der Waals surface area contributed by atoms with Gasteiger partial charge >= 0.3 is 0 Å². The number of rotatable bonds is 6. The number of piperidine rings is 1. The Kier molecular flexibility index (Phi) is 6.39. The zero-order valence-corrected chi connectivity index (χ0v) is 12.0. The third-order valence-corrected chi connectivity index (χ3v) is 4.06. The van der Waals surface area contributed by atoms with Crippen LogP contribution in [0.5, 0.6) is 0 Å². The number of halogens is 1. The van der Waals surface area contributed by atoms with E-state index < -0.39 is 0 Å². The van der Waals surface area contributed by atoms with Gasteiger partial charge in [0, 0.05) is 20.3 Å². The second-order valence-electron chi connectivity index (χ2n) is 5.46. The third kappa shape index (κ3) is 4.41. The van der Waals surface area contributed by atoms with Crippen LogP contribution in [0, 0.1) is 5.41 Å². The molecule has 1 aliphatic heterocycles. The van der Waals surface area contributed by atoms with Gasteiger partial charge in [0.15, 0.2) is 0 Å². The van der Waals surface area contributed by atoms with Crippen molar-refractivity contribution in [3.8, 4) is 0 Å². The first kappa shape index (κ1) is 15.7. The smallest absolute Gasteiger partial charge is 0.237 e. The number of hydrogen-bond donors (Lipinski definition) is 2. The number of carbonyl (C=O) groups is 1. The molecule has 0 bridgehead atoms. The predicted octanol–water partition coefficient (Wildman–Crippen LogP) is 1.48. The molecule has 1 atom stereocenters. The minimum Gasteiger partial charge on any atom is -0.385 e. The van der Waals surface area contributed by atoms with E-state index in [-0.39, 0.29) is 24.4 Å². The van der Waals surface area contributed by atoms with Gasteiger partial charge in [-0.3, -0.25) is 4.79 Å². The number of hydrogen-bond acceptors (Lipinski definition) is 3. The quantitative estimate of drug-likeness (QED) is 0.773. The van der Waals surface area contributed by atoms with E-state index in [1.54, 1.807) is 7.11 Å². The summed E-state index contributed by atoms with van der Waals surface area (Å²) in [5.74, 6) is 0.188. The van der Waals surface area contributed by atoms with Gasteiger partial charge in [0.25, 0.3) is 0 Å².